The van der Waals surface area contributed by atoms with E-state index >= 15 is 0 Å². The van der Waals surface area contributed by atoms with Crippen molar-refractivity contribution >= 4 is 10.1 Å². The molecule has 0 radical (unpaired) electrons. The topological polar surface area (TPSA) is 106 Å². The maximum absolute atomic E-state index is 11.6. The molecule has 1 heterocycles. The summed E-state index contributed by atoms with van der Waals surface area (Å²) >= 11 is 0. The number of hydrogen-bond donors (Lipinski definition) is 2. The summed E-state index contributed by atoms with van der Waals surface area (Å²) in [6, 6.07) is 1.20. The molecule has 1 aromatic heterocycles. The lowest BCUT2D eigenvalue weighted by atomic mass is 10.1. The summed E-state index contributed by atoms with van der Waals surface area (Å²) < 4.78 is 36.3. The highest BCUT2D eigenvalue weighted by atomic mass is 32.2. The maximum Gasteiger partial charge on any atom is 0.269 e. The van der Waals surface area contributed by atoms with Crippen molar-refractivity contribution < 1.29 is 22.8 Å². The van der Waals surface area contributed by atoms with Gasteiger partial charge in [0.05, 0.1) is 13.2 Å². The van der Waals surface area contributed by atoms with Crippen LogP contribution in [0.1, 0.15) is 11.1 Å². The fraction of sp³-hybridized carbons (Fsp3) is 0.500. The second-order valence-corrected chi connectivity index (χ2v) is 5.29. The van der Waals surface area contributed by atoms with Gasteiger partial charge in [0.1, 0.15) is 5.75 Å². The molecule has 0 amide bonds. The Morgan fingerprint density at radius 3 is 2.56 bits per heavy atom. The van der Waals surface area contributed by atoms with Gasteiger partial charge in [0.15, 0.2) is 5.88 Å². The zero-order valence-electron chi connectivity index (χ0n) is 10.1. The zero-order chi connectivity index (χ0) is 13.9. The lowest BCUT2D eigenvalue weighted by Crippen LogP contribution is -2.23. The minimum Gasteiger partial charge on any atom is -0.494 e. The van der Waals surface area contributed by atoms with Gasteiger partial charge >= 0.3 is 0 Å². The Kier molecular flexibility index (Phi) is 4.49. The number of rotatable bonds is 5. The van der Waals surface area contributed by atoms with Gasteiger partial charge in [-0.1, -0.05) is 0 Å². The first-order valence-electron chi connectivity index (χ1n) is 5.12. The summed E-state index contributed by atoms with van der Waals surface area (Å²) in [5, 5.41) is 9.87. The fourth-order valence-corrected chi connectivity index (χ4v) is 2.27. The summed E-state index contributed by atoms with van der Waals surface area (Å²) in [4.78, 5) is 11.6. The van der Waals surface area contributed by atoms with Gasteiger partial charge < -0.3 is 9.84 Å². The van der Waals surface area contributed by atoms with E-state index in [1.165, 1.54) is 20.1 Å². The number of aromatic nitrogens is 1. The zero-order valence-corrected chi connectivity index (χ0v) is 10.9. The third-order valence-electron chi connectivity index (χ3n) is 2.45. The smallest absolute Gasteiger partial charge is 0.269 e. The van der Waals surface area contributed by atoms with Crippen molar-refractivity contribution in [3.8, 4) is 5.88 Å². The molecule has 18 heavy (non-hydrogen) atoms. The van der Waals surface area contributed by atoms with Gasteiger partial charge in [0.25, 0.3) is 15.7 Å². The number of ether oxygens (including phenoxy) is 1. The van der Waals surface area contributed by atoms with Crippen molar-refractivity contribution in [2.75, 3.05) is 13.7 Å². The molecule has 8 heteroatoms. The van der Waals surface area contributed by atoms with E-state index in [9.17, 15) is 18.3 Å². The van der Waals surface area contributed by atoms with Crippen LogP contribution < -0.4 is 5.56 Å². The fourth-order valence-electron chi connectivity index (χ4n) is 1.55. The van der Waals surface area contributed by atoms with E-state index in [4.69, 9.17) is 9.29 Å². The van der Waals surface area contributed by atoms with Gasteiger partial charge in [-0.2, -0.15) is 8.42 Å². The van der Waals surface area contributed by atoms with Gasteiger partial charge in [-0.05, 0) is 12.5 Å². The first-order chi connectivity index (χ1) is 8.26. The van der Waals surface area contributed by atoms with Crippen LogP contribution in [-0.2, 0) is 27.2 Å². The van der Waals surface area contributed by atoms with Crippen LogP contribution in [-0.4, -0.2) is 36.4 Å². The number of aryl methyl sites for hydroxylation is 1. The van der Waals surface area contributed by atoms with Gasteiger partial charge in [-0.15, -0.1) is 0 Å². The molecule has 0 aliphatic heterocycles. The SMILES string of the molecule is COCCn1c(O)c(CS(=O)(=O)O)c(C)cc1=O. The molecule has 7 nitrogen and oxygen atoms in total. The molecule has 1 aromatic rings. The highest BCUT2D eigenvalue weighted by Crippen LogP contribution is 2.21. The van der Waals surface area contributed by atoms with Gasteiger partial charge in [-0.3, -0.25) is 13.9 Å². The van der Waals surface area contributed by atoms with Crippen LogP contribution in [0.3, 0.4) is 0 Å². The third-order valence-corrected chi connectivity index (χ3v) is 3.11. The van der Waals surface area contributed by atoms with E-state index in [-0.39, 0.29) is 18.7 Å². The minimum absolute atomic E-state index is 0.00760. The van der Waals surface area contributed by atoms with E-state index in [2.05, 4.69) is 0 Å². The molecule has 0 saturated carbocycles. The minimum atomic E-state index is -4.28. The second-order valence-electron chi connectivity index (χ2n) is 3.84. The lowest BCUT2D eigenvalue weighted by molar-refractivity contribution is 0.182. The standard InChI is InChI=1S/C10H15NO6S/c1-7-5-9(12)11(3-4-17-2)10(13)8(7)6-18(14,15)16/h5,13H,3-4,6H2,1-2H3,(H,14,15,16). The van der Waals surface area contributed by atoms with Crippen LogP contribution in [0.4, 0.5) is 0 Å². The van der Waals surface area contributed by atoms with Crippen molar-refractivity contribution in [1.82, 2.24) is 4.57 Å². The van der Waals surface area contributed by atoms with E-state index in [0.717, 1.165) is 4.57 Å². The number of aromatic hydroxyl groups is 1. The molecule has 0 spiro atoms. The predicted octanol–water partition coefficient (Wildman–Crippen LogP) is -0.103. The normalized spacial score (nSPS) is 11.7. The predicted molar refractivity (Wildman–Crippen MR) is 64.2 cm³/mol. The van der Waals surface area contributed by atoms with Crippen LogP contribution in [0.25, 0.3) is 0 Å². The molecule has 2 N–H and O–H groups in total. The molecule has 0 unspecified atom stereocenters. The van der Waals surface area contributed by atoms with Crippen LogP contribution in [0.5, 0.6) is 5.88 Å². The molecule has 102 valence electrons. The molecule has 0 aromatic carbocycles. The maximum atomic E-state index is 11.6. The largest absolute Gasteiger partial charge is 0.494 e. The molecule has 0 bridgehead atoms. The summed E-state index contributed by atoms with van der Waals surface area (Å²) in [5.41, 5.74) is -0.141. The van der Waals surface area contributed by atoms with E-state index in [1.807, 2.05) is 0 Å². The molecular formula is C10H15NO6S. The number of pyridine rings is 1. The van der Waals surface area contributed by atoms with Gasteiger partial charge in [0, 0.05) is 18.7 Å². The molecule has 0 aliphatic carbocycles. The Hall–Kier alpha value is -1.38. The molecule has 0 aliphatic rings. The molecule has 0 atom stereocenters. The Bertz CT molecular complexity index is 589. The molecule has 1 rings (SSSR count). The van der Waals surface area contributed by atoms with Crippen molar-refractivity contribution in [2.45, 2.75) is 19.2 Å². The number of nitrogens with zero attached hydrogens (tertiary/aromatic N) is 1. The molecular weight excluding hydrogens is 262 g/mol. The first kappa shape index (κ1) is 14.7. The third kappa shape index (κ3) is 3.56. The highest BCUT2D eigenvalue weighted by molar-refractivity contribution is 7.85. The molecule has 0 fully saturated rings. The summed E-state index contributed by atoms with van der Waals surface area (Å²) in [6.45, 7) is 1.78. The summed E-state index contributed by atoms with van der Waals surface area (Å²) in [6.07, 6.45) is 0. The van der Waals surface area contributed by atoms with Gasteiger partial charge in [0.2, 0.25) is 0 Å². The van der Waals surface area contributed by atoms with Crippen LogP contribution in [0.15, 0.2) is 10.9 Å². The van der Waals surface area contributed by atoms with Crippen molar-refractivity contribution in [3.05, 3.63) is 27.5 Å². The van der Waals surface area contributed by atoms with Crippen molar-refractivity contribution in [2.24, 2.45) is 0 Å². The second kappa shape index (κ2) is 5.51. The number of methoxy groups -OCH3 is 1. The highest BCUT2D eigenvalue weighted by Gasteiger charge is 2.17. The van der Waals surface area contributed by atoms with Crippen LogP contribution in [0.2, 0.25) is 0 Å². The van der Waals surface area contributed by atoms with Gasteiger partial charge in [-0.25, -0.2) is 0 Å². The molecule has 0 saturated heterocycles. The average molecular weight is 277 g/mol. The van der Waals surface area contributed by atoms with Crippen LogP contribution in [0, 0.1) is 6.92 Å². The van der Waals surface area contributed by atoms with Crippen molar-refractivity contribution in [1.29, 1.82) is 0 Å². The Balaban J connectivity index is 3.31. The van der Waals surface area contributed by atoms with E-state index in [1.54, 1.807) is 0 Å². The van der Waals surface area contributed by atoms with E-state index in [0.29, 0.717) is 5.56 Å². The Morgan fingerprint density at radius 1 is 1.44 bits per heavy atom. The van der Waals surface area contributed by atoms with Crippen molar-refractivity contribution in [3.63, 3.8) is 0 Å². The Morgan fingerprint density at radius 2 is 2.06 bits per heavy atom. The van der Waals surface area contributed by atoms with E-state index < -0.39 is 27.3 Å². The lowest BCUT2D eigenvalue weighted by Gasteiger charge is -2.13. The summed E-state index contributed by atoms with van der Waals surface area (Å²) in [5.74, 6) is -1.20. The average Bonchev–Trinajstić information content (AvgIpc) is 2.23. The summed E-state index contributed by atoms with van der Waals surface area (Å²) in [7, 11) is -2.84. The first-order valence-corrected chi connectivity index (χ1v) is 6.73. The monoisotopic (exact) mass is 277 g/mol. The number of hydrogen-bond acceptors (Lipinski definition) is 5. The Labute approximate surface area is 104 Å². The quantitative estimate of drug-likeness (QED) is 0.728. The van der Waals surface area contributed by atoms with Crippen LogP contribution >= 0.6 is 0 Å².